The fraction of sp³-hybridized carbons (Fsp3) is 0.533. The Bertz CT molecular complexity index is 436. The summed E-state index contributed by atoms with van der Waals surface area (Å²) in [4.78, 5) is 0. The average Bonchev–Trinajstić information content (AvgIpc) is 2.98. The molecule has 1 aromatic carbocycles. The molecule has 1 aliphatic heterocycles. The maximum absolute atomic E-state index is 12.8. The molecule has 0 aromatic heterocycles. The molecule has 2 N–H and O–H groups in total. The molecule has 0 spiro atoms. The second-order valence-electron chi connectivity index (χ2n) is 4.95. The van der Waals surface area contributed by atoms with Crippen LogP contribution in [0.2, 0.25) is 0 Å². The lowest BCUT2D eigenvalue weighted by atomic mass is 10.2. The molecule has 0 aliphatic carbocycles. The minimum Gasteiger partial charge on any atom is -0.379 e. The molecular weight excluding hydrogens is 291 g/mol. The largest absolute Gasteiger partial charge is 0.379 e. The van der Waals surface area contributed by atoms with Crippen molar-refractivity contribution in [3.63, 3.8) is 0 Å². The van der Waals surface area contributed by atoms with Gasteiger partial charge >= 0.3 is 0 Å². The minimum atomic E-state index is -0.261. The van der Waals surface area contributed by atoms with Crippen LogP contribution in [0.4, 0.5) is 10.1 Å². The van der Waals surface area contributed by atoms with E-state index in [1.807, 2.05) is 0 Å². The van der Waals surface area contributed by atoms with Crippen LogP contribution in [-0.2, 0) is 9.47 Å². The molecule has 1 atom stereocenters. The third-order valence-electron chi connectivity index (χ3n) is 3.18. The van der Waals surface area contributed by atoms with Crippen molar-refractivity contribution in [3.05, 3.63) is 30.1 Å². The van der Waals surface area contributed by atoms with Gasteiger partial charge in [-0.15, -0.1) is 0 Å². The monoisotopic (exact) mass is 312 g/mol. The summed E-state index contributed by atoms with van der Waals surface area (Å²) < 4.78 is 23.8. The van der Waals surface area contributed by atoms with Gasteiger partial charge in [0, 0.05) is 25.4 Å². The summed E-state index contributed by atoms with van der Waals surface area (Å²) >= 11 is 5.16. The van der Waals surface area contributed by atoms with Gasteiger partial charge in [0.2, 0.25) is 0 Å². The van der Waals surface area contributed by atoms with Crippen molar-refractivity contribution in [2.45, 2.75) is 25.4 Å². The summed E-state index contributed by atoms with van der Waals surface area (Å²) in [5.74, 6) is -0.261. The second-order valence-corrected chi connectivity index (χ2v) is 5.36. The van der Waals surface area contributed by atoms with E-state index in [1.165, 1.54) is 12.1 Å². The molecule has 1 heterocycles. The Morgan fingerprint density at radius 1 is 1.38 bits per heavy atom. The molecule has 0 saturated carbocycles. The summed E-state index contributed by atoms with van der Waals surface area (Å²) in [5.41, 5.74) is 0.767. The van der Waals surface area contributed by atoms with Gasteiger partial charge in [-0.25, -0.2) is 4.39 Å². The first-order valence-electron chi connectivity index (χ1n) is 7.24. The van der Waals surface area contributed by atoms with Gasteiger partial charge in [0.15, 0.2) is 5.11 Å². The Hall–Kier alpha value is -1.24. The fourth-order valence-electron chi connectivity index (χ4n) is 2.08. The fourth-order valence-corrected chi connectivity index (χ4v) is 2.30. The van der Waals surface area contributed by atoms with Crippen molar-refractivity contribution < 1.29 is 13.9 Å². The zero-order valence-corrected chi connectivity index (χ0v) is 12.8. The molecule has 1 fully saturated rings. The smallest absolute Gasteiger partial charge is 0.170 e. The zero-order chi connectivity index (χ0) is 14.9. The highest BCUT2D eigenvalue weighted by Crippen LogP contribution is 2.11. The maximum atomic E-state index is 12.8. The van der Waals surface area contributed by atoms with Crippen LogP contribution in [0, 0.1) is 5.82 Å². The Morgan fingerprint density at radius 3 is 2.90 bits per heavy atom. The van der Waals surface area contributed by atoms with E-state index >= 15 is 0 Å². The van der Waals surface area contributed by atoms with Crippen LogP contribution in [0.5, 0.6) is 0 Å². The van der Waals surface area contributed by atoms with Gasteiger partial charge < -0.3 is 20.1 Å². The number of nitrogens with one attached hydrogen (secondary N) is 2. The number of anilines is 1. The number of ether oxygens (including phenoxy) is 2. The molecule has 0 amide bonds. The van der Waals surface area contributed by atoms with Crippen LogP contribution >= 0.6 is 12.2 Å². The van der Waals surface area contributed by atoms with Crippen molar-refractivity contribution >= 4 is 23.0 Å². The molecule has 0 bridgehead atoms. The number of hydrogen-bond acceptors (Lipinski definition) is 3. The van der Waals surface area contributed by atoms with E-state index < -0.39 is 0 Å². The summed E-state index contributed by atoms with van der Waals surface area (Å²) in [5, 5.41) is 6.62. The number of rotatable bonds is 7. The standard InChI is InChI=1S/C15H21FN2O2S/c16-12-4-6-13(7-5-12)18-15(21)17-8-2-9-19-11-14-3-1-10-20-14/h4-7,14H,1-3,8-11H2,(H2,17,18,21)/t14-/m1/s1. The van der Waals surface area contributed by atoms with Gasteiger partial charge in [-0.2, -0.15) is 0 Å². The van der Waals surface area contributed by atoms with Gasteiger partial charge in [0.25, 0.3) is 0 Å². The van der Waals surface area contributed by atoms with E-state index in [2.05, 4.69) is 10.6 Å². The van der Waals surface area contributed by atoms with E-state index in [1.54, 1.807) is 12.1 Å². The van der Waals surface area contributed by atoms with Gasteiger partial charge in [-0.05, 0) is 55.7 Å². The molecule has 2 rings (SSSR count). The molecule has 1 aliphatic rings. The first-order chi connectivity index (χ1) is 10.2. The van der Waals surface area contributed by atoms with Gasteiger partial charge in [-0.1, -0.05) is 0 Å². The minimum absolute atomic E-state index is 0.261. The third-order valence-corrected chi connectivity index (χ3v) is 3.43. The van der Waals surface area contributed by atoms with Crippen LogP contribution in [0.15, 0.2) is 24.3 Å². The number of hydrogen-bond donors (Lipinski definition) is 2. The molecule has 21 heavy (non-hydrogen) atoms. The summed E-state index contributed by atoms with van der Waals surface area (Å²) in [6, 6.07) is 6.08. The SMILES string of the molecule is Fc1ccc(NC(=S)NCCCOC[C@H]2CCCO2)cc1. The average molecular weight is 312 g/mol. The summed E-state index contributed by atoms with van der Waals surface area (Å²) in [6.07, 6.45) is 3.39. The highest BCUT2D eigenvalue weighted by molar-refractivity contribution is 7.80. The highest BCUT2D eigenvalue weighted by Gasteiger charge is 2.14. The van der Waals surface area contributed by atoms with Crippen LogP contribution < -0.4 is 10.6 Å². The van der Waals surface area contributed by atoms with Crippen molar-refractivity contribution in [2.24, 2.45) is 0 Å². The lowest BCUT2D eigenvalue weighted by Crippen LogP contribution is -2.30. The van der Waals surface area contributed by atoms with E-state index in [9.17, 15) is 4.39 Å². The summed E-state index contributed by atoms with van der Waals surface area (Å²) in [6.45, 7) is 2.96. The van der Waals surface area contributed by atoms with Crippen LogP contribution in [0.25, 0.3) is 0 Å². The second kappa shape index (κ2) is 8.92. The maximum Gasteiger partial charge on any atom is 0.170 e. The van der Waals surface area contributed by atoms with E-state index in [4.69, 9.17) is 21.7 Å². The first-order valence-corrected chi connectivity index (χ1v) is 7.64. The Morgan fingerprint density at radius 2 is 2.19 bits per heavy atom. The van der Waals surface area contributed by atoms with E-state index in [0.29, 0.717) is 18.3 Å². The molecule has 1 saturated heterocycles. The zero-order valence-electron chi connectivity index (χ0n) is 11.9. The topological polar surface area (TPSA) is 42.5 Å². The Kier molecular flexibility index (Phi) is 6.85. The molecule has 116 valence electrons. The third kappa shape index (κ3) is 6.37. The Balaban J connectivity index is 1.49. The van der Waals surface area contributed by atoms with Gasteiger partial charge in [-0.3, -0.25) is 0 Å². The number of thiocarbonyl (C=S) groups is 1. The van der Waals surface area contributed by atoms with Crippen LogP contribution in [0.3, 0.4) is 0 Å². The number of halogens is 1. The lowest BCUT2D eigenvalue weighted by Gasteiger charge is -2.12. The molecule has 6 heteroatoms. The predicted molar refractivity (Wildman–Crippen MR) is 85.0 cm³/mol. The predicted octanol–water partition coefficient (Wildman–Crippen LogP) is 2.70. The Labute approximate surface area is 130 Å². The van der Waals surface area contributed by atoms with Crippen molar-refractivity contribution in [2.75, 3.05) is 31.7 Å². The van der Waals surface area contributed by atoms with Crippen LogP contribution in [-0.4, -0.2) is 37.6 Å². The van der Waals surface area contributed by atoms with E-state index in [-0.39, 0.29) is 11.9 Å². The molecule has 4 nitrogen and oxygen atoms in total. The normalized spacial score (nSPS) is 17.7. The van der Waals surface area contributed by atoms with E-state index in [0.717, 1.165) is 38.1 Å². The molecule has 1 aromatic rings. The first kappa shape index (κ1) is 16.1. The highest BCUT2D eigenvalue weighted by atomic mass is 32.1. The lowest BCUT2D eigenvalue weighted by molar-refractivity contribution is 0.0168. The molecule has 0 radical (unpaired) electrons. The van der Waals surface area contributed by atoms with Gasteiger partial charge in [0.1, 0.15) is 5.82 Å². The van der Waals surface area contributed by atoms with Crippen molar-refractivity contribution in [1.82, 2.24) is 5.32 Å². The van der Waals surface area contributed by atoms with Gasteiger partial charge in [0.05, 0.1) is 12.7 Å². The van der Waals surface area contributed by atoms with Crippen LogP contribution in [0.1, 0.15) is 19.3 Å². The van der Waals surface area contributed by atoms with Crippen molar-refractivity contribution in [1.29, 1.82) is 0 Å². The van der Waals surface area contributed by atoms with Crippen molar-refractivity contribution in [3.8, 4) is 0 Å². The molecular formula is C15H21FN2O2S. The number of benzene rings is 1. The molecule has 0 unspecified atom stereocenters. The quantitative estimate of drug-likeness (QED) is 0.598. The summed E-state index contributed by atoms with van der Waals surface area (Å²) in [7, 11) is 0.